The molecule has 0 aliphatic carbocycles. The first kappa shape index (κ1) is 15.1. The van der Waals surface area contributed by atoms with Crippen molar-refractivity contribution < 1.29 is 24.0 Å². The van der Waals surface area contributed by atoms with E-state index in [1.54, 1.807) is 5.32 Å². The summed E-state index contributed by atoms with van der Waals surface area (Å²) in [6, 6.07) is 3.76. The van der Waals surface area contributed by atoms with Gasteiger partial charge in [0.15, 0.2) is 6.10 Å². The number of nitrogens with zero attached hydrogens (tertiary/aromatic N) is 1. The zero-order valence-corrected chi connectivity index (χ0v) is 10.4. The number of nitrogens with two attached hydrogens (primary N) is 1. The standard InChI is InChI=1S/C11H11N3O6/c1-6(9(15)13-11(12)17)20-10(16)7-3-2-4-8(5-7)14(18)19/h2-6H,1H3,(H3,12,13,15,17). The van der Waals surface area contributed by atoms with E-state index in [9.17, 15) is 24.5 Å². The predicted octanol–water partition coefficient (Wildman–Crippen LogP) is 0.335. The molecule has 9 heteroatoms. The third-order valence-corrected chi connectivity index (χ3v) is 2.19. The van der Waals surface area contributed by atoms with Crippen LogP contribution in [-0.2, 0) is 9.53 Å². The molecule has 3 N–H and O–H groups in total. The molecule has 0 saturated carbocycles. The number of non-ortho nitro benzene ring substituents is 1. The molecule has 0 saturated heterocycles. The third kappa shape index (κ3) is 4.05. The lowest BCUT2D eigenvalue weighted by molar-refractivity contribution is -0.384. The van der Waals surface area contributed by atoms with Crippen LogP contribution >= 0.6 is 0 Å². The Morgan fingerprint density at radius 2 is 2.05 bits per heavy atom. The fourth-order valence-corrected chi connectivity index (χ4v) is 1.25. The number of nitro benzene ring substituents is 1. The Labute approximate surface area is 112 Å². The summed E-state index contributed by atoms with van der Waals surface area (Å²) < 4.78 is 4.75. The van der Waals surface area contributed by atoms with E-state index in [2.05, 4.69) is 0 Å². The van der Waals surface area contributed by atoms with Crippen molar-refractivity contribution in [3.63, 3.8) is 0 Å². The van der Waals surface area contributed by atoms with Crippen molar-refractivity contribution in [3.8, 4) is 0 Å². The number of amides is 3. The first-order chi connectivity index (χ1) is 9.31. The van der Waals surface area contributed by atoms with E-state index >= 15 is 0 Å². The highest BCUT2D eigenvalue weighted by Crippen LogP contribution is 2.14. The van der Waals surface area contributed by atoms with Crippen LogP contribution in [-0.4, -0.2) is 28.9 Å². The number of imide groups is 1. The van der Waals surface area contributed by atoms with Gasteiger partial charge >= 0.3 is 12.0 Å². The molecule has 1 aromatic carbocycles. The topological polar surface area (TPSA) is 142 Å². The van der Waals surface area contributed by atoms with Gasteiger partial charge in [0.05, 0.1) is 10.5 Å². The van der Waals surface area contributed by atoms with Gasteiger partial charge in [-0.15, -0.1) is 0 Å². The van der Waals surface area contributed by atoms with Gasteiger partial charge in [0.25, 0.3) is 11.6 Å². The number of primary amides is 1. The van der Waals surface area contributed by atoms with E-state index in [0.29, 0.717) is 0 Å². The van der Waals surface area contributed by atoms with Gasteiger partial charge in [-0.05, 0) is 13.0 Å². The molecule has 0 radical (unpaired) electrons. The Hall–Kier alpha value is -2.97. The fraction of sp³-hybridized carbons (Fsp3) is 0.182. The molecule has 0 fully saturated rings. The van der Waals surface area contributed by atoms with Crippen LogP contribution in [0, 0.1) is 10.1 Å². The van der Waals surface area contributed by atoms with Gasteiger partial charge in [0, 0.05) is 12.1 Å². The molecule has 0 heterocycles. The molecule has 0 aliphatic rings. The summed E-state index contributed by atoms with van der Waals surface area (Å²) in [7, 11) is 0. The number of rotatable bonds is 4. The Morgan fingerprint density at radius 1 is 1.40 bits per heavy atom. The minimum atomic E-state index is -1.27. The number of esters is 1. The Balaban J connectivity index is 2.76. The first-order valence-electron chi connectivity index (χ1n) is 5.37. The third-order valence-electron chi connectivity index (χ3n) is 2.19. The second-order valence-electron chi connectivity index (χ2n) is 3.71. The average Bonchev–Trinajstić information content (AvgIpc) is 2.37. The number of ether oxygens (including phenoxy) is 1. The number of nitro groups is 1. The van der Waals surface area contributed by atoms with E-state index in [4.69, 9.17) is 10.5 Å². The van der Waals surface area contributed by atoms with Crippen LogP contribution in [0.5, 0.6) is 0 Å². The van der Waals surface area contributed by atoms with Gasteiger partial charge < -0.3 is 10.5 Å². The SMILES string of the molecule is CC(OC(=O)c1cccc([N+](=O)[O-])c1)C(=O)NC(N)=O. The van der Waals surface area contributed by atoms with Gasteiger partial charge in [-0.3, -0.25) is 20.2 Å². The van der Waals surface area contributed by atoms with Gasteiger partial charge in [-0.25, -0.2) is 9.59 Å². The van der Waals surface area contributed by atoms with Crippen LogP contribution in [0.1, 0.15) is 17.3 Å². The molecule has 0 aliphatic heterocycles. The molecule has 20 heavy (non-hydrogen) atoms. The largest absolute Gasteiger partial charge is 0.449 e. The number of carbonyl (C=O) groups is 3. The van der Waals surface area contributed by atoms with E-state index in [-0.39, 0.29) is 11.3 Å². The fourth-order valence-electron chi connectivity index (χ4n) is 1.25. The summed E-state index contributed by atoms with van der Waals surface area (Å²) in [4.78, 5) is 43.3. The van der Waals surface area contributed by atoms with Crippen LogP contribution in [0.4, 0.5) is 10.5 Å². The van der Waals surface area contributed by atoms with E-state index < -0.39 is 28.9 Å². The number of benzene rings is 1. The van der Waals surface area contributed by atoms with E-state index in [0.717, 1.165) is 6.07 Å². The molecule has 0 spiro atoms. The van der Waals surface area contributed by atoms with Crippen molar-refractivity contribution in [3.05, 3.63) is 39.9 Å². The van der Waals surface area contributed by atoms with Crippen LogP contribution in [0.3, 0.4) is 0 Å². The normalized spacial score (nSPS) is 11.2. The highest BCUT2D eigenvalue weighted by Gasteiger charge is 2.21. The summed E-state index contributed by atoms with van der Waals surface area (Å²) in [6.07, 6.45) is -1.27. The average molecular weight is 281 g/mol. The summed E-state index contributed by atoms with van der Waals surface area (Å²) in [5, 5.41) is 12.3. The van der Waals surface area contributed by atoms with Crippen molar-refractivity contribution in [2.45, 2.75) is 13.0 Å². The smallest absolute Gasteiger partial charge is 0.339 e. The maximum absolute atomic E-state index is 11.7. The Morgan fingerprint density at radius 3 is 2.60 bits per heavy atom. The minimum Gasteiger partial charge on any atom is -0.449 e. The lowest BCUT2D eigenvalue weighted by Gasteiger charge is -2.11. The van der Waals surface area contributed by atoms with Crippen LogP contribution in [0.25, 0.3) is 0 Å². The molecule has 9 nitrogen and oxygen atoms in total. The Bertz CT molecular complexity index is 571. The molecule has 106 valence electrons. The molecule has 1 rings (SSSR count). The number of nitrogens with one attached hydrogen (secondary N) is 1. The number of hydrogen-bond acceptors (Lipinski definition) is 6. The summed E-state index contributed by atoms with van der Waals surface area (Å²) >= 11 is 0. The quantitative estimate of drug-likeness (QED) is 0.462. The second kappa shape index (κ2) is 6.27. The molecular weight excluding hydrogens is 270 g/mol. The molecule has 3 amide bonds. The van der Waals surface area contributed by atoms with Crippen molar-refractivity contribution in [1.82, 2.24) is 5.32 Å². The second-order valence-corrected chi connectivity index (χ2v) is 3.71. The minimum absolute atomic E-state index is 0.0853. The summed E-state index contributed by atoms with van der Waals surface area (Å²) in [5.74, 6) is -1.82. The van der Waals surface area contributed by atoms with Crippen LogP contribution < -0.4 is 11.1 Å². The lowest BCUT2D eigenvalue weighted by atomic mass is 10.2. The van der Waals surface area contributed by atoms with Gasteiger partial charge in [0.2, 0.25) is 0 Å². The van der Waals surface area contributed by atoms with Crippen LogP contribution in [0.2, 0.25) is 0 Å². The summed E-state index contributed by atoms with van der Waals surface area (Å²) in [6.45, 7) is 1.23. The highest BCUT2D eigenvalue weighted by molar-refractivity contribution is 5.98. The lowest BCUT2D eigenvalue weighted by Crippen LogP contribution is -2.42. The maximum Gasteiger partial charge on any atom is 0.339 e. The summed E-state index contributed by atoms with van der Waals surface area (Å²) in [5.41, 5.74) is 4.37. The molecular formula is C11H11N3O6. The number of urea groups is 1. The van der Waals surface area contributed by atoms with Gasteiger partial charge in [0.1, 0.15) is 0 Å². The van der Waals surface area contributed by atoms with Crippen molar-refractivity contribution in [2.24, 2.45) is 5.73 Å². The predicted molar refractivity (Wildman–Crippen MR) is 65.7 cm³/mol. The van der Waals surface area contributed by atoms with Crippen molar-refractivity contribution in [2.75, 3.05) is 0 Å². The zero-order chi connectivity index (χ0) is 15.3. The van der Waals surface area contributed by atoms with Gasteiger partial charge in [-0.2, -0.15) is 0 Å². The molecule has 1 atom stereocenters. The van der Waals surface area contributed by atoms with Gasteiger partial charge in [-0.1, -0.05) is 6.07 Å². The zero-order valence-electron chi connectivity index (χ0n) is 10.4. The molecule has 1 unspecified atom stereocenters. The molecule has 0 bridgehead atoms. The monoisotopic (exact) mass is 281 g/mol. The molecule has 1 aromatic rings. The highest BCUT2D eigenvalue weighted by atomic mass is 16.6. The van der Waals surface area contributed by atoms with Crippen LogP contribution in [0.15, 0.2) is 24.3 Å². The number of carbonyl (C=O) groups excluding carboxylic acids is 3. The van der Waals surface area contributed by atoms with Crippen molar-refractivity contribution in [1.29, 1.82) is 0 Å². The maximum atomic E-state index is 11.7. The van der Waals surface area contributed by atoms with Crippen molar-refractivity contribution >= 4 is 23.6 Å². The Kier molecular flexibility index (Phi) is 4.73. The molecule has 0 aromatic heterocycles. The number of hydrogen-bond donors (Lipinski definition) is 2. The first-order valence-corrected chi connectivity index (χ1v) is 5.37. The van der Waals surface area contributed by atoms with E-state index in [1.807, 2.05) is 0 Å². The van der Waals surface area contributed by atoms with E-state index in [1.165, 1.54) is 25.1 Å².